The monoisotopic (exact) mass is 216 g/mol. The van der Waals surface area contributed by atoms with Crippen LogP contribution in [0, 0.1) is 0 Å². The molecule has 0 aromatic heterocycles. The fourth-order valence-electron chi connectivity index (χ4n) is 2.10. The minimum atomic E-state index is 0.216. The second-order valence-electron chi connectivity index (χ2n) is 4.48. The summed E-state index contributed by atoms with van der Waals surface area (Å²) < 4.78 is 5.79. The first kappa shape index (κ1) is 12.9. The Kier molecular flexibility index (Phi) is 5.53. The summed E-state index contributed by atoms with van der Waals surface area (Å²) >= 11 is 0. The summed E-state index contributed by atoms with van der Waals surface area (Å²) in [6.07, 6.45) is 3.57. The predicted molar refractivity (Wildman–Crippen MR) is 60.7 cm³/mol. The van der Waals surface area contributed by atoms with Crippen molar-refractivity contribution in [3.63, 3.8) is 0 Å². The SMILES string of the molecule is CC(CCO)NC(CN)C1CCC(C)O1. The molecule has 15 heavy (non-hydrogen) atoms. The van der Waals surface area contributed by atoms with Crippen LogP contribution >= 0.6 is 0 Å². The van der Waals surface area contributed by atoms with Crippen molar-refractivity contribution in [2.75, 3.05) is 13.2 Å². The lowest BCUT2D eigenvalue weighted by atomic mass is 10.1. The molecule has 4 atom stereocenters. The van der Waals surface area contributed by atoms with Crippen LogP contribution in [0.2, 0.25) is 0 Å². The van der Waals surface area contributed by atoms with Crippen LogP contribution < -0.4 is 11.1 Å². The van der Waals surface area contributed by atoms with Crippen molar-refractivity contribution in [3.8, 4) is 0 Å². The van der Waals surface area contributed by atoms with Gasteiger partial charge < -0.3 is 20.9 Å². The van der Waals surface area contributed by atoms with E-state index < -0.39 is 0 Å². The van der Waals surface area contributed by atoms with Gasteiger partial charge in [0.2, 0.25) is 0 Å². The zero-order valence-corrected chi connectivity index (χ0v) is 9.78. The summed E-state index contributed by atoms with van der Waals surface area (Å²) in [7, 11) is 0. The van der Waals surface area contributed by atoms with E-state index in [2.05, 4.69) is 19.2 Å². The molecule has 0 aliphatic carbocycles. The molecular formula is C11H24N2O2. The van der Waals surface area contributed by atoms with Gasteiger partial charge in [-0.15, -0.1) is 0 Å². The molecule has 0 aromatic rings. The number of rotatable bonds is 6. The standard InChI is InChI=1S/C11H24N2O2/c1-8(5-6-14)13-10(7-12)11-4-3-9(2)15-11/h8-11,13-14H,3-7,12H2,1-2H3. The van der Waals surface area contributed by atoms with Gasteiger partial charge in [-0.05, 0) is 33.1 Å². The van der Waals surface area contributed by atoms with Crippen LogP contribution in [0.4, 0.5) is 0 Å². The van der Waals surface area contributed by atoms with Crippen LogP contribution in [-0.2, 0) is 4.74 Å². The van der Waals surface area contributed by atoms with Crippen molar-refractivity contribution in [3.05, 3.63) is 0 Å². The van der Waals surface area contributed by atoms with Crippen LogP contribution in [0.15, 0.2) is 0 Å². The number of hydrogen-bond acceptors (Lipinski definition) is 4. The van der Waals surface area contributed by atoms with E-state index in [4.69, 9.17) is 15.6 Å². The summed E-state index contributed by atoms with van der Waals surface area (Å²) in [5, 5.41) is 12.2. The molecule has 90 valence electrons. The lowest BCUT2D eigenvalue weighted by Crippen LogP contribution is -2.49. The molecule has 0 saturated carbocycles. The fraction of sp³-hybridized carbons (Fsp3) is 1.00. The molecule has 0 spiro atoms. The average Bonchev–Trinajstić information content (AvgIpc) is 2.61. The molecule has 0 amide bonds. The smallest absolute Gasteiger partial charge is 0.0745 e. The number of nitrogens with one attached hydrogen (secondary N) is 1. The van der Waals surface area contributed by atoms with Crippen molar-refractivity contribution in [2.45, 2.75) is 57.4 Å². The molecular weight excluding hydrogens is 192 g/mol. The minimum Gasteiger partial charge on any atom is -0.396 e. The number of nitrogens with two attached hydrogens (primary N) is 1. The third-order valence-corrected chi connectivity index (χ3v) is 3.03. The molecule has 1 heterocycles. The van der Waals surface area contributed by atoms with E-state index in [0.29, 0.717) is 18.7 Å². The van der Waals surface area contributed by atoms with Crippen LogP contribution in [0.25, 0.3) is 0 Å². The quantitative estimate of drug-likeness (QED) is 0.595. The highest BCUT2D eigenvalue weighted by molar-refractivity contribution is 4.85. The summed E-state index contributed by atoms with van der Waals surface area (Å²) in [5.74, 6) is 0. The Balaban J connectivity index is 2.34. The molecule has 4 unspecified atom stereocenters. The molecule has 4 heteroatoms. The number of aliphatic hydroxyl groups excluding tert-OH is 1. The zero-order chi connectivity index (χ0) is 11.3. The maximum atomic E-state index is 8.83. The van der Waals surface area contributed by atoms with E-state index in [-0.39, 0.29) is 18.8 Å². The van der Waals surface area contributed by atoms with Gasteiger partial charge in [-0.2, -0.15) is 0 Å². The number of hydrogen-bond donors (Lipinski definition) is 3. The van der Waals surface area contributed by atoms with Gasteiger partial charge in [-0.3, -0.25) is 0 Å². The van der Waals surface area contributed by atoms with Crippen LogP contribution in [0.5, 0.6) is 0 Å². The molecule has 1 rings (SSSR count). The van der Waals surface area contributed by atoms with E-state index in [1.54, 1.807) is 0 Å². The normalized spacial score (nSPS) is 30.4. The summed E-state index contributed by atoms with van der Waals surface area (Å²) in [6.45, 7) is 4.97. The van der Waals surface area contributed by atoms with E-state index in [9.17, 15) is 0 Å². The van der Waals surface area contributed by atoms with E-state index in [0.717, 1.165) is 19.3 Å². The van der Waals surface area contributed by atoms with Crippen molar-refractivity contribution in [1.29, 1.82) is 0 Å². The second kappa shape index (κ2) is 6.43. The van der Waals surface area contributed by atoms with Gasteiger partial charge in [0.25, 0.3) is 0 Å². The molecule has 1 fully saturated rings. The number of ether oxygens (including phenoxy) is 1. The van der Waals surface area contributed by atoms with Crippen LogP contribution in [0.1, 0.15) is 33.1 Å². The summed E-state index contributed by atoms with van der Waals surface area (Å²) in [5.41, 5.74) is 5.74. The largest absolute Gasteiger partial charge is 0.396 e. The first-order valence-corrected chi connectivity index (χ1v) is 5.89. The maximum Gasteiger partial charge on any atom is 0.0745 e. The van der Waals surface area contributed by atoms with Gasteiger partial charge in [0, 0.05) is 25.2 Å². The Bertz CT molecular complexity index is 178. The molecule has 1 saturated heterocycles. The molecule has 4 nitrogen and oxygen atoms in total. The highest BCUT2D eigenvalue weighted by Gasteiger charge is 2.29. The summed E-state index contributed by atoms with van der Waals surface area (Å²) in [6, 6.07) is 0.513. The van der Waals surface area contributed by atoms with Gasteiger partial charge in [0.15, 0.2) is 0 Å². The minimum absolute atomic E-state index is 0.216. The van der Waals surface area contributed by atoms with E-state index >= 15 is 0 Å². The molecule has 4 N–H and O–H groups in total. The Morgan fingerprint density at radius 2 is 2.27 bits per heavy atom. The van der Waals surface area contributed by atoms with Crippen molar-refractivity contribution in [2.24, 2.45) is 5.73 Å². The molecule has 0 aromatic carbocycles. The Hall–Kier alpha value is -0.160. The third-order valence-electron chi connectivity index (χ3n) is 3.03. The molecule has 1 aliphatic heterocycles. The lowest BCUT2D eigenvalue weighted by molar-refractivity contribution is 0.0308. The van der Waals surface area contributed by atoms with Gasteiger partial charge in [0.05, 0.1) is 12.2 Å². The van der Waals surface area contributed by atoms with E-state index in [1.165, 1.54) is 0 Å². The van der Waals surface area contributed by atoms with Crippen molar-refractivity contribution in [1.82, 2.24) is 5.32 Å². The van der Waals surface area contributed by atoms with Gasteiger partial charge in [-0.1, -0.05) is 0 Å². The average molecular weight is 216 g/mol. The topological polar surface area (TPSA) is 67.5 Å². The number of aliphatic hydroxyl groups is 1. The van der Waals surface area contributed by atoms with Crippen LogP contribution in [-0.4, -0.2) is 42.5 Å². The summed E-state index contributed by atoms with van der Waals surface area (Å²) in [4.78, 5) is 0. The fourth-order valence-corrected chi connectivity index (χ4v) is 2.10. The van der Waals surface area contributed by atoms with Gasteiger partial charge >= 0.3 is 0 Å². The van der Waals surface area contributed by atoms with E-state index in [1.807, 2.05) is 0 Å². The lowest BCUT2D eigenvalue weighted by Gasteiger charge is -2.26. The Labute approximate surface area is 92.2 Å². The highest BCUT2D eigenvalue weighted by Crippen LogP contribution is 2.21. The molecule has 1 aliphatic rings. The Morgan fingerprint density at radius 1 is 1.53 bits per heavy atom. The van der Waals surface area contributed by atoms with Gasteiger partial charge in [-0.25, -0.2) is 0 Å². The van der Waals surface area contributed by atoms with Crippen molar-refractivity contribution >= 4 is 0 Å². The first-order chi connectivity index (χ1) is 7.17. The highest BCUT2D eigenvalue weighted by atomic mass is 16.5. The third kappa shape index (κ3) is 4.07. The van der Waals surface area contributed by atoms with Crippen LogP contribution in [0.3, 0.4) is 0 Å². The van der Waals surface area contributed by atoms with Crippen molar-refractivity contribution < 1.29 is 9.84 Å². The zero-order valence-electron chi connectivity index (χ0n) is 9.78. The second-order valence-corrected chi connectivity index (χ2v) is 4.48. The predicted octanol–water partition coefficient (Wildman–Crippen LogP) is 0.242. The Morgan fingerprint density at radius 3 is 2.73 bits per heavy atom. The molecule has 0 bridgehead atoms. The molecule has 0 radical (unpaired) electrons. The first-order valence-electron chi connectivity index (χ1n) is 5.89. The maximum absolute atomic E-state index is 8.83. The van der Waals surface area contributed by atoms with Gasteiger partial charge in [0.1, 0.15) is 0 Å².